The summed E-state index contributed by atoms with van der Waals surface area (Å²) in [4.78, 5) is 12.0. The van der Waals surface area contributed by atoms with Gasteiger partial charge in [0.15, 0.2) is 0 Å². The largest absolute Gasteiger partial charge is 0.380 e. The van der Waals surface area contributed by atoms with Crippen LogP contribution in [-0.4, -0.2) is 19.0 Å². The number of Topliss-reactive ketones (excluding diaryl/α,β-unsaturated/α-hetero) is 1. The Kier molecular flexibility index (Phi) is 1.79. The fourth-order valence-corrected chi connectivity index (χ4v) is 3.00. The molecule has 1 saturated heterocycles. The van der Waals surface area contributed by atoms with Crippen LogP contribution in [0.1, 0.15) is 12.0 Å². The van der Waals surface area contributed by atoms with Crippen LogP contribution in [-0.2, 0) is 16.0 Å². The predicted octanol–water partition coefficient (Wildman–Crippen LogP) is 1.90. The summed E-state index contributed by atoms with van der Waals surface area (Å²) >= 11 is 1.65. The van der Waals surface area contributed by atoms with Gasteiger partial charge < -0.3 is 4.74 Å². The van der Waals surface area contributed by atoms with Gasteiger partial charge in [-0.25, -0.2) is 0 Å². The SMILES string of the molecule is O=C(Cc1ccsc1)C12COCC1C2. The van der Waals surface area contributed by atoms with Gasteiger partial charge in [-0.15, -0.1) is 0 Å². The normalized spacial score (nSPS) is 34.1. The molecule has 0 bridgehead atoms. The van der Waals surface area contributed by atoms with Crippen molar-refractivity contribution in [1.29, 1.82) is 0 Å². The van der Waals surface area contributed by atoms with Crippen molar-refractivity contribution in [3.63, 3.8) is 0 Å². The van der Waals surface area contributed by atoms with Crippen LogP contribution in [0.15, 0.2) is 16.8 Å². The van der Waals surface area contributed by atoms with Crippen molar-refractivity contribution in [3.05, 3.63) is 22.4 Å². The van der Waals surface area contributed by atoms with Crippen LogP contribution in [0.25, 0.3) is 0 Å². The third kappa shape index (κ3) is 1.16. The monoisotopic (exact) mass is 208 g/mol. The lowest BCUT2D eigenvalue weighted by Gasteiger charge is -2.08. The van der Waals surface area contributed by atoms with E-state index in [2.05, 4.69) is 5.38 Å². The first-order valence-corrected chi connectivity index (χ1v) is 5.88. The van der Waals surface area contributed by atoms with Crippen molar-refractivity contribution >= 4 is 17.1 Å². The van der Waals surface area contributed by atoms with E-state index in [1.165, 1.54) is 0 Å². The summed E-state index contributed by atoms with van der Waals surface area (Å²) in [5.74, 6) is 0.923. The van der Waals surface area contributed by atoms with Gasteiger partial charge in [0.05, 0.1) is 18.6 Å². The minimum absolute atomic E-state index is 0.0675. The maximum Gasteiger partial charge on any atom is 0.146 e. The smallest absolute Gasteiger partial charge is 0.146 e. The molecule has 2 nitrogen and oxygen atoms in total. The highest BCUT2D eigenvalue weighted by atomic mass is 32.1. The zero-order valence-corrected chi connectivity index (χ0v) is 8.68. The fourth-order valence-electron chi connectivity index (χ4n) is 2.34. The van der Waals surface area contributed by atoms with Gasteiger partial charge in [-0.05, 0) is 34.7 Å². The fraction of sp³-hybridized carbons (Fsp3) is 0.545. The van der Waals surface area contributed by atoms with Gasteiger partial charge in [0.25, 0.3) is 0 Å². The molecule has 0 amide bonds. The van der Waals surface area contributed by atoms with Crippen molar-refractivity contribution in [2.75, 3.05) is 13.2 Å². The molecule has 1 saturated carbocycles. The number of fused-ring (bicyclic) bond motifs is 1. The summed E-state index contributed by atoms with van der Waals surface area (Å²) in [5, 5.41) is 4.08. The Labute approximate surface area is 86.9 Å². The summed E-state index contributed by atoms with van der Waals surface area (Å²) in [6.07, 6.45) is 1.67. The summed E-state index contributed by atoms with van der Waals surface area (Å²) in [5.41, 5.74) is 1.09. The number of thiophene rings is 1. The Morgan fingerprint density at radius 3 is 3.21 bits per heavy atom. The Hall–Kier alpha value is -0.670. The summed E-state index contributed by atoms with van der Waals surface area (Å²) in [7, 11) is 0. The molecule has 1 aromatic heterocycles. The molecule has 2 atom stereocenters. The number of ketones is 1. The second kappa shape index (κ2) is 2.91. The van der Waals surface area contributed by atoms with Crippen molar-refractivity contribution in [3.8, 4) is 0 Å². The van der Waals surface area contributed by atoms with E-state index in [4.69, 9.17) is 4.74 Å². The van der Waals surface area contributed by atoms with E-state index < -0.39 is 0 Å². The van der Waals surface area contributed by atoms with E-state index in [-0.39, 0.29) is 5.41 Å². The lowest BCUT2D eigenvalue weighted by atomic mass is 9.96. The van der Waals surface area contributed by atoms with Crippen LogP contribution in [0.2, 0.25) is 0 Å². The van der Waals surface area contributed by atoms with Gasteiger partial charge in [-0.2, -0.15) is 11.3 Å². The molecule has 14 heavy (non-hydrogen) atoms. The first-order chi connectivity index (χ1) is 6.81. The third-order valence-corrected chi connectivity index (χ3v) is 4.14. The van der Waals surface area contributed by atoms with Gasteiger partial charge in [0.2, 0.25) is 0 Å². The highest BCUT2D eigenvalue weighted by Gasteiger charge is 2.62. The number of hydrogen-bond donors (Lipinski definition) is 0. The molecule has 2 heterocycles. The van der Waals surface area contributed by atoms with E-state index in [0.29, 0.717) is 24.7 Å². The Morgan fingerprint density at radius 2 is 2.64 bits per heavy atom. The molecule has 0 radical (unpaired) electrons. The Bertz CT molecular complexity index is 357. The zero-order valence-electron chi connectivity index (χ0n) is 7.86. The van der Waals surface area contributed by atoms with Crippen LogP contribution in [0.5, 0.6) is 0 Å². The maximum atomic E-state index is 12.0. The molecular formula is C11H12O2S. The highest BCUT2D eigenvalue weighted by Crippen LogP contribution is 2.57. The van der Waals surface area contributed by atoms with Crippen molar-refractivity contribution in [1.82, 2.24) is 0 Å². The third-order valence-electron chi connectivity index (χ3n) is 3.41. The van der Waals surface area contributed by atoms with Crippen LogP contribution in [0.4, 0.5) is 0 Å². The number of carbonyl (C=O) groups excluding carboxylic acids is 1. The average molecular weight is 208 g/mol. The topological polar surface area (TPSA) is 26.3 Å². The molecule has 1 aliphatic carbocycles. The first-order valence-electron chi connectivity index (χ1n) is 4.93. The van der Waals surface area contributed by atoms with Crippen LogP contribution in [0.3, 0.4) is 0 Å². The predicted molar refractivity (Wildman–Crippen MR) is 54.4 cm³/mol. The molecule has 1 aromatic rings. The van der Waals surface area contributed by atoms with Crippen molar-refractivity contribution in [2.45, 2.75) is 12.8 Å². The van der Waals surface area contributed by atoms with Crippen LogP contribution >= 0.6 is 11.3 Å². The van der Waals surface area contributed by atoms with E-state index in [1.54, 1.807) is 11.3 Å². The first kappa shape index (κ1) is 8.62. The molecule has 2 aliphatic rings. The van der Waals surface area contributed by atoms with Crippen molar-refractivity contribution in [2.24, 2.45) is 11.3 Å². The second-order valence-electron chi connectivity index (χ2n) is 4.30. The molecule has 1 aliphatic heterocycles. The molecule has 0 aromatic carbocycles. The number of hydrogen-bond acceptors (Lipinski definition) is 3. The van der Waals surface area contributed by atoms with E-state index in [1.807, 2.05) is 11.4 Å². The molecular weight excluding hydrogens is 196 g/mol. The second-order valence-corrected chi connectivity index (χ2v) is 5.08. The molecule has 2 unspecified atom stereocenters. The number of ether oxygens (including phenoxy) is 1. The summed E-state index contributed by atoms with van der Waals surface area (Å²) in [6, 6.07) is 2.03. The van der Waals surface area contributed by atoms with Gasteiger partial charge >= 0.3 is 0 Å². The number of carbonyl (C=O) groups is 1. The van der Waals surface area contributed by atoms with Crippen LogP contribution < -0.4 is 0 Å². The van der Waals surface area contributed by atoms with Gasteiger partial charge in [-0.3, -0.25) is 4.79 Å². The molecule has 0 N–H and O–H groups in total. The van der Waals surface area contributed by atoms with E-state index >= 15 is 0 Å². The zero-order chi connectivity index (χ0) is 9.60. The maximum absolute atomic E-state index is 12.0. The molecule has 3 rings (SSSR count). The van der Waals surface area contributed by atoms with Gasteiger partial charge in [0.1, 0.15) is 5.78 Å². The van der Waals surface area contributed by atoms with E-state index in [9.17, 15) is 4.79 Å². The standard InChI is InChI=1S/C11H12O2S/c12-10(3-8-1-2-14-6-8)11-4-9(11)5-13-7-11/h1-2,6,9H,3-5,7H2. The number of rotatable bonds is 3. The Balaban J connectivity index is 1.72. The Morgan fingerprint density at radius 1 is 1.71 bits per heavy atom. The minimum atomic E-state index is -0.0675. The summed E-state index contributed by atoms with van der Waals surface area (Å²) < 4.78 is 5.33. The van der Waals surface area contributed by atoms with Gasteiger partial charge in [-0.1, -0.05) is 0 Å². The quantitative estimate of drug-likeness (QED) is 0.758. The van der Waals surface area contributed by atoms with Gasteiger partial charge in [0, 0.05) is 6.42 Å². The minimum Gasteiger partial charge on any atom is -0.380 e. The average Bonchev–Trinajstić information content (AvgIpc) is 2.62. The van der Waals surface area contributed by atoms with Crippen LogP contribution in [0, 0.1) is 11.3 Å². The molecule has 2 fully saturated rings. The lowest BCUT2D eigenvalue weighted by molar-refractivity contribution is -0.124. The molecule has 74 valence electrons. The van der Waals surface area contributed by atoms with Crippen molar-refractivity contribution < 1.29 is 9.53 Å². The van der Waals surface area contributed by atoms with E-state index in [0.717, 1.165) is 18.6 Å². The molecule has 3 heteroatoms. The lowest BCUT2D eigenvalue weighted by Crippen LogP contribution is -2.21. The highest BCUT2D eigenvalue weighted by molar-refractivity contribution is 7.08. The summed E-state index contributed by atoms with van der Waals surface area (Å²) in [6.45, 7) is 1.47. The molecule has 0 spiro atoms.